The van der Waals surface area contributed by atoms with Crippen molar-refractivity contribution in [3.8, 4) is 0 Å². The van der Waals surface area contributed by atoms with Crippen LogP contribution in [0, 0.1) is 6.92 Å². The average Bonchev–Trinajstić information content (AvgIpc) is 2.28. The average molecular weight is 236 g/mol. The maximum atomic E-state index is 10.9. The van der Waals surface area contributed by atoms with Crippen LogP contribution in [0.1, 0.15) is 23.0 Å². The molecule has 1 N–H and O–H groups in total. The summed E-state index contributed by atoms with van der Waals surface area (Å²) in [5, 5.41) is 8.98. The number of carbonyl (C=O) groups is 1. The van der Waals surface area contributed by atoms with Crippen molar-refractivity contribution in [1.29, 1.82) is 0 Å². The zero-order valence-corrected chi connectivity index (χ0v) is 10.0. The van der Waals surface area contributed by atoms with Crippen LogP contribution in [0.4, 0.5) is 5.82 Å². The normalized spacial score (nSPS) is 20.4. The summed E-state index contributed by atoms with van der Waals surface area (Å²) in [6, 6.07) is 3.49. The highest BCUT2D eigenvalue weighted by molar-refractivity contribution is 5.86. The van der Waals surface area contributed by atoms with Gasteiger partial charge in [0.2, 0.25) is 0 Å². The second-order valence-corrected chi connectivity index (χ2v) is 4.32. The van der Waals surface area contributed by atoms with Gasteiger partial charge in [-0.1, -0.05) is 0 Å². The molecule has 1 aliphatic heterocycles. The summed E-state index contributed by atoms with van der Waals surface area (Å²) >= 11 is 0. The van der Waals surface area contributed by atoms with Gasteiger partial charge in [0, 0.05) is 13.1 Å². The first-order valence-corrected chi connectivity index (χ1v) is 5.65. The van der Waals surface area contributed by atoms with Crippen molar-refractivity contribution >= 4 is 11.8 Å². The van der Waals surface area contributed by atoms with Gasteiger partial charge in [0.1, 0.15) is 5.82 Å². The van der Waals surface area contributed by atoms with Crippen molar-refractivity contribution in [1.82, 2.24) is 4.98 Å². The Bertz CT molecular complexity index is 434. The molecule has 1 fully saturated rings. The summed E-state index contributed by atoms with van der Waals surface area (Å²) in [6.07, 6.45) is 0.152. The fourth-order valence-electron chi connectivity index (χ4n) is 1.95. The van der Waals surface area contributed by atoms with Crippen LogP contribution in [-0.2, 0) is 4.74 Å². The zero-order valence-electron chi connectivity index (χ0n) is 10.0. The van der Waals surface area contributed by atoms with Crippen LogP contribution in [0.15, 0.2) is 12.1 Å². The maximum Gasteiger partial charge on any atom is 0.354 e. The fourth-order valence-corrected chi connectivity index (χ4v) is 1.95. The van der Waals surface area contributed by atoms with Gasteiger partial charge in [0.05, 0.1) is 12.7 Å². The van der Waals surface area contributed by atoms with Crippen molar-refractivity contribution in [3.05, 3.63) is 23.4 Å². The molecule has 0 bridgehead atoms. The highest BCUT2D eigenvalue weighted by Gasteiger charge is 2.19. The number of aromatic nitrogens is 1. The maximum absolute atomic E-state index is 10.9. The lowest BCUT2D eigenvalue weighted by atomic mass is 10.2. The number of rotatable bonds is 2. The number of hydrogen-bond donors (Lipinski definition) is 1. The highest BCUT2D eigenvalue weighted by Crippen LogP contribution is 2.17. The summed E-state index contributed by atoms with van der Waals surface area (Å²) in [5.41, 5.74) is 1.01. The Morgan fingerprint density at radius 1 is 1.59 bits per heavy atom. The second-order valence-electron chi connectivity index (χ2n) is 4.32. The number of carboxylic acid groups (broad SMARTS) is 1. The predicted molar refractivity (Wildman–Crippen MR) is 63.6 cm³/mol. The Hall–Kier alpha value is -1.62. The van der Waals surface area contributed by atoms with Crippen molar-refractivity contribution in [3.63, 3.8) is 0 Å². The van der Waals surface area contributed by atoms with Gasteiger partial charge < -0.3 is 14.7 Å². The van der Waals surface area contributed by atoms with Crippen LogP contribution in [-0.4, -0.2) is 41.9 Å². The van der Waals surface area contributed by atoms with E-state index in [0.717, 1.165) is 24.5 Å². The van der Waals surface area contributed by atoms with Gasteiger partial charge in [-0.3, -0.25) is 0 Å². The summed E-state index contributed by atoms with van der Waals surface area (Å²) < 4.78 is 5.45. The Kier molecular flexibility index (Phi) is 3.28. The SMILES string of the molecule is Cc1cc(C(=O)O)nc(N2CCO[C@H](C)C2)c1. The molecule has 5 heteroatoms. The van der Waals surface area contributed by atoms with Crippen LogP contribution >= 0.6 is 0 Å². The smallest absolute Gasteiger partial charge is 0.354 e. The van der Waals surface area contributed by atoms with Crippen LogP contribution in [0.2, 0.25) is 0 Å². The molecule has 1 atom stereocenters. The Morgan fingerprint density at radius 3 is 3.00 bits per heavy atom. The van der Waals surface area contributed by atoms with Gasteiger partial charge in [0.15, 0.2) is 5.69 Å². The standard InChI is InChI=1S/C12H16N2O3/c1-8-5-10(12(15)16)13-11(6-8)14-3-4-17-9(2)7-14/h5-6,9H,3-4,7H2,1-2H3,(H,15,16)/t9-/m1/s1. The van der Waals surface area contributed by atoms with Gasteiger partial charge in [-0.15, -0.1) is 0 Å². The van der Waals surface area contributed by atoms with E-state index in [-0.39, 0.29) is 11.8 Å². The van der Waals surface area contributed by atoms with E-state index in [2.05, 4.69) is 9.88 Å². The molecule has 0 aliphatic carbocycles. The van der Waals surface area contributed by atoms with Gasteiger partial charge >= 0.3 is 5.97 Å². The zero-order chi connectivity index (χ0) is 12.4. The number of aromatic carboxylic acids is 1. The van der Waals surface area contributed by atoms with E-state index in [1.807, 2.05) is 19.9 Å². The minimum absolute atomic E-state index is 0.0964. The summed E-state index contributed by atoms with van der Waals surface area (Å²) in [7, 11) is 0. The minimum atomic E-state index is -0.990. The van der Waals surface area contributed by atoms with Crippen LogP contribution < -0.4 is 4.90 Å². The van der Waals surface area contributed by atoms with Crippen molar-refractivity contribution in [2.75, 3.05) is 24.6 Å². The van der Waals surface area contributed by atoms with Gasteiger partial charge in [-0.05, 0) is 31.5 Å². The monoisotopic (exact) mass is 236 g/mol. The molecule has 0 amide bonds. The van der Waals surface area contributed by atoms with E-state index in [1.165, 1.54) is 0 Å². The fraction of sp³-hybridized carbons (Fsp3) is 0.500. The molecule has 0 aromatic carbocycles. The Morgan fingerprint density at radius 2 is 2.35 bits per heavy atom. The van der Waals surface area contributed by atoms with E-state index >= 15 is 0 Å². The molecule has 0 saturated carbocycles. The van der Waals surface area contributed by atoms with E-state index in [1.54, 1.807) is 6.07 Å². The highest BCUT2D eigenvalue weighted by atomic mass is 16.5. The van der Waals surface area contributed by atoms with Crippen molar-refractivity contribution in [2.24, 2.45) is 0 Å². The molecule has 1 aliphatic rings. The lowest BCUT2D eigenvalue weighted by Crippen LogP contribution is -2.41. The largest absolute Gasteiger partial charge is 0.477 e. The molecule has 2 rings (SSSR count). The summed E-state index contributed by atoms with van der Waals surface area (Å²) in [5.74, 6) is -0.270. The summed E-state index contributed by atoms with van der Waals surface area (Å²) in [4.78, 5) is 17.2. The molecule has 0 spiro atoms. The Labute approximate surface area is 100 Å². The Balaban J connectivity index is 2.28. The number of anilines is 1. The predicted octanol–water partition coefficient (Wildman–Crippen LogP) is 1.31. The third-order valence-electron chi connectivity index (χ3n) is 2.74. The van der Waals surface area contributed by atoms with E-state index in [4.69, 9.17) is 9.84 Å². The van der Waals surface area contributed by atoms with E-state index < -0.39 is 5.97 Å². The van der Waals surface area contributed by atoms with Crippen LogP contribution in [0.3, 0.4) is 0 Å². The van der Waals surface area contributed by atoms with Crippen molar-refractivity contribution < 1.29 is 14.6 Å². The first-order chi connectivity index (χ1) is 8.06. The molecule has 17 heavy (non-hydrogen) atoms. The number of ether oxygens (including phenoxy) is 1. The third kappa shape index (κ3) is 2.74. The number of hydrogen-bond acceptors (Lipinski definition) is 4. The van der Waals surface area contributed by atoms with E-state index in [9.17, 15) is 4.79 Å². The number of pyridine rings is 1. The quantitative estimate of drug-likeness (QED) is 0.839. The topological polar surface area (TPSA) is 62.7 Å². The van der Waals surface area contributed by atoms with Crippen molar-refractivity contribution in [2.45, 2.75) is 20.0 Å². The number of carboxylic acids is 1. The molecular formula is C12H16N2O3. The van der Waals surface area contributed by atoms with Crippen LogP contribution in [0.5, 0.6) is 0 Å². The molecule has 0 unspecified atom stereocenters. The lowest BCUT2D eigenvalue weighted by molar-refractivity contribution is 0.0529. The first-order valence-electron chi connectivity index (χ1n) is 5.65. The van der Waals surface area contributed by atoms with Gasteiger partial charge in [-0.2, -0.15) is 0 Å². The number of nitrogens with zero attached hydrogens (tertiary/aromatic N) is 2. The van der Waals surface area contributed by atoms with Gasteiger partial charge in [0.25, 0.3) is 0 Å². The van der Waals surface area contributed by atoms with Gasteiger partial charge in [-0.25, -0.2) is 9.78 Å². The number of aryl methyl sites for hydroxylation is 1. The number of morpholine rings is 1. The first kappa shape index (κ1) is 11.9. The lowest BCUT2D eigenvalue weighted by Gasteiger charge is -2.32. The molecule has 1 aromatic rings. The molecule has 5 nitrogen and oxygen atoms in total. The third-order valence-corrected chi connectivity index (χ3v) is 2.74. The van der Waals surface area contributed by atoms with Crippen LogP contribution in [0.25, 0.3) is 0 Å². The molecule has 92 valence electrons. The second kappa shape index (κ2) is 4.71. The molecule has 2 heterocycles. The molecule has 1 aromatic heterocycles. The molecule has 1 saturated heterocycles. The molecule has 0 radical (unpaired) electrons. The van der Waals surface area contributed by atoms with E-state index in [0.29, 0.717) is 6.61 Å². The molecular weight excluding hydrogens is 220 g/mol. The summed E-state index contributed by atoms with van der Waals surface area (Å²) in [6.45, 7) is 6.02. The minimum Gasteiger partial charge on any atom is -0.477 e.